The van der Waals surface area contributed by atoms with Crippen LogP contribution in [0.25, 0.3) is 0 Å². The lowest BCUT2D eigenvalue weighted by Gasteiger charge is -2.40. The van der Waals surface area contributed by atoms with E-state index in [1.54, 1.807) is 36.1 Å². The number of piperazine rings is 1. The van der Waals surface area contributed by atoms with Crippen molar-refractivity contribution in [2.24, 2.45) is 0 Å². The molecule has 1 unspecified atom stereocenters. The molecule has 168 valence electrons. The summed E-state index contributed by atoms with van der Waals surface area (Å²) in [4.78, 5) is 16.5. The average Bonchev–Trinajstić information content (AvgIpc) is 2.76. The van der Waals surface area contributed by atoms with E-state index in [2.05, 4.69) is 4.90 Å². The Morgan fingerprint density at radius 2 is 1.35 bits per heavy atom. The Labute approximate surface area is 182 Å². The Hall–Kier alpha value is -2.32. The standard InChI is InChI=1S/C23H28F2N2O3S/c1-3-16-31(29,30)17(2)23(28)27-14-12-26(13-15-27)22(18-4-8-20(24)9-5-18)19-6-10-21(25)11-7-19/h4-11,17,22H,3,12-16H2,1-2H3. The predicted molar refractivity (Wildman–Crippen MR) is 116 cm³/mol. The van der Waals surface area contributed by atoms with Crippen LogP contribution in [0.5, 0.6) is 0 Å². The molecular formula is C23H28F2N2O3S. The number of carbonyl (C=O) groups excluding carboxylic acids is 1. The van der Waals surface area contributed by atoms with E-state index in [1.165, 1.54) is 31.2 Å². The van der Waals surface area contributed by atoms with Crippen molar-refractivity contribution in [3.8, 4) is 0 Å². The second kappa shape index (κ2) is 9.87. The highest BCUT2D eigenvalue weighted by Gasteiger charge is 2.34. The molecular weight excluding hydrogens is 422 g/mol. The lowest BCUT2D eigenvalue weighted by Crippen LogP contribution is -2.53. The van der Waals surface area contributed by atoms with E-state index >= 15 is 0 Å². The van der Waals surface area contributed by atoms with Crippen molar-refractivity contribution in [2.45, 2.75) is 31.6 Å². The van der Waals surface area contributed by atoms with E-state index in [1.807, 2.05) is 0 Å². The van der Waals surface area contributed by atoms with Crippen LogP contribution < -0.4 is 0 Å². The smallest absolute Gasteiger partial charge is 0.240 e. The molecule has 1 saturated heterocycles. The average molecular weight is 451 g/mol. The van der Waals surface area contributed by atoms with Crippen molar-refractivity contribution in [2.75, 3.05) is 31.9 Å². The highest BCUT2D eigenvalue weighted by molar-refractivity contribution is 7.92. The van der Waals surface area contributed by atoms with Crippen LogP contribution in [0, 0.1) is 11.6 Å². The topological polar surface area (TPSA) is 57.7 Å². The summed E-state index contributed by atoms with van der Waals surface area (Å²) in [5.74, 6) is -1.04. The molecule has 2 aromatic carbocycles. The molecule has 2 aromatic rings. The zero-order chi connectivity index (χ0) is 22.6. The van der Waals surface area contributed by atoms with Crippen LogP contribution in [0.4, 0.5) is 8.78 Å². The Bertz CT molecular complexity index is 941. The van der Waals surface area contributed by atoms with Gasteiger partial charge in [0.25, 0.3) is 0 Å². The number of halogens is 2. The number of amides is 1. The summed E-state index contributed by atoms with van der Waals surface area (Å²) >= 11 is 0. The highest BCUT2D eigenvalue weighted by Crippen LogP contribution is 2.30. The van der Waals surface area contributed by atoms with Crippen molar-refractivity contribution >= 4 is 15.7 Å². The minimum absolute atomic E-state index is 0.00290. The summed E-state index contributed by atoms with van der Waals surface area (Å²) in [6, 6.07) is 12.2. The maximum atomic E-state index is 13.5. The van der Waals surface area contributed by atoms with Crippen LogP contribution in [0.15, 0.2) is 48.5 Å². The molecule has 0 spiro atoms. The quantitative estimate of drug-likeness (QED) is 0.649. The van der Waals surface area contributed by atoms with Gasteiger partial charge in [0.1, 0.15) is 16.9 Å². The molecule has 0 aromatic heterocycles. The minimum Gasteiger partial charge on any atom is -0.339 e. The SMILES string of the molecule is CCCS(=O)(=O)C(C)C(=O)N1CCN(C(c2ccc(F)cc2)c2ccc(F)cc2)CC1. The highest BCUT2D eigenvalue weighted by atomic mass is 32.2. The summed E-state index contributed by atoms with van der Waals surface area (Å²) < 4.78 is 51.5. The molecule has 0 aliphatic carbocycles. The summed E-state index contributed by atoms with van der Waals surface area (Å²) in [5.41, 5.74) is 1.73. The van der Waals surface area contributed by atoms with Gasteiger partial charge in [-0.1, -0.05) is 31.2 Å². The van der Waals surface area contributed by atoms with Crippen molar-refractivity contribution in [3.63, 3.8) is 0 Å². The second-order valence-corrected chi connectivity index (χ2v) is 10.3. The predicted octanol–water partition coefficient (Wildman–Crippen LogP) is 3.41. The number of rotatable bonds is 7. The number of carbonyl (C=O) groups is 1. The number of benzene rings is 2. The van der Waals surface area contributed by atoms with Gasteiger partial charge in [0.05, 0.1) is 11.8 Å². The first-order valence-corrected chi connectivity index (χ1v) is 12.2. The van der Waals surface area contributed by atoms with Gasteiger partial charge in [-0.25, -0.2) is 17.2 Å². The van der Waals surface area contributed by atoms with Crippen LogP contribution in [0.1, 0.15) is 37.4 Å². The molecule has 0 saturated carbocycles. The van der Waals surface area contributed by atoms with Gasteiger partial charge < -0.3 is 4.90 Å². The number of sulfone groups is 1. The first-order valence-electron chi connectivity index (χ1n) is 10.5. The van der Waals surface area contributed by atoms with E-state index in [4.69, 9.17) is 0 Å². The number of nitrogens with zero attached hydrogens (tertiary/aromatic N) is 2. The third-order valence-electron chi connectivity index (χ3n) is 5.74. The molecule has 0 radical (unpaired) electrons. The molecule has 1 aliphatic rings. The molecule has 3 rings (SSSR count). The van der Waals surface area contributed by atoms with E-state index in [0.29, 0.717) is 32.6 Å². The van der Waals surface area contributed by atoms with Crippen molar-refractivity contribution in [1.29, 1.82) is 0 Å². The van der Waals surface area contributed by atoms with Gasteiger partial charge in [-0.2, -0.15) is 0 Å². The fourth-order valence-electron chi connectivity index (χ4n) is 3.98. The summed E-state index contributed by atoms with van der Waals surface area (Å²) in [5, 5.41) is -1.05. The fraction of sp³-hybridized carbons (Fsp3) is 0.435. The van der Waals surface area contributed by atoms with E-state index in [0.717, 1.165) is 11.1 Å². The molecule has 31 heavy (non-hydrogen) atoms. The summed E-state index contributed by atoms with van der Waals surface area (Å²) in [7, 11) is -3.46. The molecule has 5 nitrogen and oxygen atoms in total. The lowest BCUT2D eigenvalue weighted by atomic mass is 9.96. The zero-order valence-electron chi connectivity index (χ0n) is 17.8. The maximum Gasteiger partial charge on any atom is 0.240 e. The maximum absolute atomic E-state index is 13.5. The Balaban J connectivity index is 1.77. The third kappa shape index (κ3) is 5.49. The summed E-state index contributed by atoms with van der Waals surface area (Å²) in [6.07, 6.45) is 0.477. The van der Waals surface area contributed by atoms with Crippen LogP contribution in [0.3, 0.4) is 0 Å². The third-order valence-corrected chi connectivity index (χ3v) is 7.99. The second-order valence-electron chi connectivity index (χ2n) is 7.88. The Morgan fingerprint density at radius 1 is 0.903 bits per heavy atom. The van der Waals surface area contributed by atoms with E-state index in [-0.39, 0.29) is 29.3 Å². The fourth-order valence-corrected chi connectivity index (χ4v) is 5.36. The zero-order valence-corrected chi connectivity index (χ0v) is 18.6. The molecule has 8 heteroatoms. The van der Waals surface area contributed by atoms with E-state index < -0.39 is 15.1 Å². The van der Waals surface area contributed by atoms with Crippen molar-refractivity contribution < 1.29 is 22.0 Å². The molecule has 1 amide bonds. The van der Waals surface area contributed by atoms with Crippen LogP contribution >= 0.6 is 0 Å². The largest absolute Gasteiger partial charge is 0.339 e. The minimum atomic E-state index is -3.46. The first-order chi connectivity index (χ1) is 14.7. The Morgan fingerprint density at radius 3 is 1.77 bits per heavy atom. The van der Waals surface area contributed by atoms with Crippen LogP contribution in [-0.2, 0) is 14.6 Å². The normalized spacial score (nSPS) is 16.5. The monoisotopic (exact) mass is 450 g/mol. The van der Waals surface area contributed by atoms with Gasteiger partial charge in [-0.15, -0.1) is 0 Å². The molecule has 0 bridgehead atoms. The number of hydrogen-bond acceptors (Lipinski definition) is 4. The van der Waals surface area contributed by atoms with Gasteiger partial charge in [0, 0.05) is 26.2 Å². The van der Waals surface area contributed by atoms with Gasteiger partial charge in [-0.3, -0.25) is 9.69 Å². The van der Waals surface area contributed by atoms with Gasteiger partial charge >= 0.3 is 0 Å². The Kier molecular flexibility index (Phi) is 7.43. The van der Waals surface area contributed by atoms with Gasteiger partial charge in [-0.05, 0) is 48.7 Å². The molecule has 1 atom stereocenters. The molecule has 0 N–H and O–H groups in total. The van der Waals surface area contributed by atoms with Gasteiger partial charge in [0.2, 0.25) is 5.91 Å². The lowest BCUT2D eigenvalue weighted by molar-refractivity contribution is -0.132. The number of hydrogen-bond donors (Lipinski definition) is 0. The van der Waals surface area contributed by atoms with Crippen LogP contribution in [0.2, 0.25) is 0 Å². The molecule has 1 aliphatic heterocycles. The van der Waals surface area contributed by atoms with Gasteiger partial charge in [0.15, 0.2) is 9.84 Å². The molecule has 1 fully saturated rings. The van der Waals surface area contributed by atoms with Crippen LogP contribution in [-0.4, -0.2) is 61.3 Å². The van der Waals surface area contributed by atoms with Crippen molar-refractivity contribution in [3.05, 3.63) is 71.3 Å². The van der Waals surface area contributed by atoms with E-state index in [9.17, 15) is 22.0 Å². The summed E-state index contributed by atoms with van der Waals surface area (Å²) in [6.45, 7) is 5.06. The van der Waals surface area contributed by atoms with Crippen molar-refractivity contribution in [1.82, 2.24) is 9.80 Å². The first kappa shape index (κ1) is 23.3. The molecule has 1 heterocycles.